The van der Waals surface area contributed by atoms with Crippen LogP contribution < -0.4 is 20.1 Å². The van der Waals surface area contributed by atoms with E-state index in [4.69, 9.17) is 9.47 Å². The van der Waals surface area contributed by atoms with Crippen molar-refractivity contribution in [1.82, 2.24) is 0 Å². The molecule has 1 unspecified atom stereocenters. The van der Waals surface area contributed by atoms with Crippen LogP contribution in [0, 0.1) is 5.82 Å². The Bertz CT molecular complexity index is 736. The Labute approximate surface area is 139 Å². The quantitative estimate of drug-likeness (QED) is 0.902. The van der Waals surface area contributed by atoms with Crippen molar-refractivity contribution in [3.8, 4) is 11.5 Å². The number of ether oxygens (including phenoxy) is 2. The van der Waals surface area contributed by atoms with Gasteiger partial charge in [0.15, 0.2) is 11.5 Å². The van der Waals surface area contributed by atoms with Crippen LogP contribution in [0.25, 0.3) is 0 Å². The first kappa shape index (κ1) is 16.1. The van der Waals surface area contributed by atoms with Crippen molar-refractivity contribution >= 4 is 17.3 Å². The van der Waals surface area contributed by atoms with Gasteiger partial charge in [-0.3, -0.25) is 4.79 Å². The summed E-state index contributed by atoms with van der Waals surface area (Å²) < 4.78 is 24.4. The van der Waals surface area contributed by atoms with E-state index in [-0.39, 0.29) is 5.91 Å². The molecule has 2 N–H and O–H groups in total. The first-order chi connectivity index (χ1) is 11.6. The zero-order valence-corrected chi connectivity index (χ0v) is 13.3. The van der Waals surface area contributed by atoms with Crippen LogP contribution in [0.2, 0.25) is 0 Å². The molecule has 0 saturated carbocycles. The van der Waals surface area contributed by atoms with Crippen LogP contribution in [0.15, 0.2) is 42.5 Å². The maximum Gasteiger partial charge on any atom is 0.246 e. The van der Waals surface area contributed by atoms with Crippen LogP contribution >= 0.6 is 0 Å². The van der Waals surface area contributed by atoms with Crippen molar-refractivity contribution in [2.45, 2.75) is 19.4 Å². The van der Waals surface area contributed by atoms with Gasteiger partial charge >= 0.3 is 0 Å². The molecule has 2 aromatic rings. The molecule has 0 aromatic heterocycles. The molecular weight excluding hydrogens is 311 g/mol. The first-order valence-corrected chi connectivity index (χ1v) is 7.84. The largest absolute Gasteiger partial charge is 0.490 e. The van der Waals surface area contributed by atoms with Gasteiger partial charge in [-0.15, -0.1) is 0 Å². The second-order valence-electron chi connectivity index (χ2n) is 5.58. The number of anilines is 2. The molecular formula is C18H19FN2O3. The third kappa shape index (κ3) is 3.95. The van der Waals surface area contributed by atoms with Crippen LogP contribution in [0.5, 0.6) is 11.5 Å². The van der Waals surface area contributed by atoms with Crippen LogP contribution in [0.3, 0.4) is 0 Å². The smallest absolute Gasteiger partial charge is 0.246 e. The highest BCUT2D eigenvalue weighted by molar-refractivity contribution is 5.96. The lowest BCUT2D eigenvalue weighted by atomic mass is 10.2. The maximum atomic E-state index is 13.2. The van der Waals surface area contributed by atoms with Crippen molar-refractivity contribution in [3.05, 3.63) is 48.3 Å². The summed E-state index contributed by atoms with van der Waals surface area (Å²) in [4.78, 5) is 12.2. The summed E-state index contributed by atoms with van der Waals surface area (Å²) in [6.45, 7) is 2.97. The van der Waals surface area contributed by atoms with E-state index >= 15 is 0 Å². The first-order valence-electron chi connectivity index (χ1n) is 7.84. The summed E-state index contributed by atoms with van der Waals surface area (Å²) in [6.07, 6.45) is 0.837. The number of amides is 1. The van der Waals surface area contributed by atoms with E-state index in [2.05, 4.69) is 10.6 Å². The average Bonchev–Trinajstić information content (AvgIpc) is 2.79. The van der Waals surface area contributed by atoms with E-state index in [0.717, 1.165) is 12.1 Å². The fourth-order valence-electron chi connectivity index (χ4n) is 2.39. The molecule has 0 saturated heterocycles. The summed E-state index contributed by atoms with van der Waals surface area (Å²) in [6, 6.07) is 10.8. The molecule has 1 heterocycles. The van der Waals surface area contributed by atoms with Crippen molar-refractivity contribution in [3.63, 3.8) is 0 Å². The molecule has 1 aliphatic heterocycles. The van der Waals surface area contributed by atoms with Gasteiger partial charge in [-0.05, 0) is 37.3 Å². The summed E-state index contributed by atoms with van der Waals surface area (Å²) in [5.41, 5.74) is 1.17. The SMILES string of the molecule is CC(Nc1ccc2c(c1)OCCCO2)C(=O)Nc1cccc(F)c1. The van der Waals surface area contributed by atoms with Crippen LogP contribution in [0.4, 0.5) is 15.8 Å². The molecule has 1 aliphatic rings. The van der Waals surface area contributed by atoms with Crippen LogP contribution in [0.1, 0.15) is 13.3 Å². The number of fused-ring (bicyclic) bond motifs is 1. The molecule has 126 valence electrons. The summed E-state index contributed by atoms with van der Waals surface area (Å²) >= 11 is 0. The minimum atomic E-state index is -0.502. The Hall–Kier alpha value is -2.76. The van der Waals surface area contributed by atoms with Gasteiger partial charge in [-0.1, -0.05) is 6.07 Å². The predicted molar refractivity (Wildman–Crippen MR) is 90.2 cm³/mol. The van der Waals surface area contributed by atoms with E-state index in [1.807, 2.05) is 18.2 Å². The van der Waals surface area contributed by atoms with Gasteiger partial charge in [0.2, 0.25) is 5.91 Å². The van der Waals surface area contributed by atoms with Crippen molar-refractivity contribution in [2.75, 3.05) is 23.8 Å². The number of carbonyl (C=O) groups excluding carboxylic acids is 1. The monoisotopic (exact) mass is 330 g/mol. The fourth-order valence-corrected chi connectivity index (χ4v) is 2.39. The molecule has 24 heavy (non-hydrogen) atoms. The van der Waals surface area contributed by atoms with E-state index in [1.54, 1.807) is 19.1 Å². The van der Waals surface area contributed by atoms with Crippen molar-refractivity contribution < 1.29 is 18.7 Å². The lowest BCUT2D eigenvalue weighted by Gasteiger charge is -2.16. The van der Waals surface area contributed by atoms with Crippen LogP contribution in [-0.4, -0.2) is 25.2 Å². The summed E-state index contributed by atoms with van der Waals surface area (Å²) in [7, 11) is 0. The Kier molecular flexibility index (Phi) is 4.84. The highest BCUT2D eigenvalue weighted by Crippen LogP contribution is 2.32. The lowest BCUT2D eigenvalue weighted by molar-refractivity contribution is -0.116. The molecule has 0 aliphatic carbocycles. The fraction of sp³-hybridized carbons (Fsp3) is 0.278. The minimum absolute atomic E-state index is 0.257. The van der Waals surface area contributed by atoms with Gasteiger partial charge in [-0.25, -0.2) is 4.39 Å². The molecule has 2 aromatic carbocycles. The third-order valence-corrected chi connectivity index (χ3v) is 3.62. The number of hydrogen-bond acceptors (Lipinski definition) is 4. The molecule has 1 amide bonds. The normalized spacial score (nSPS) is 14.4. The Morgan fingerprint density at radius 1 is 1.08 bits per heavy atom. The van der Waals surface area contributed by atoms with Crippen LogP contribution in [-0.2, 0) is 4.79 Å². The molecule has 1 atom stereocenters. The van der Waals surface area contributed by atoms with Gasteiger partial charge < -0.3 is 20.1 Å². The molecule has 3 rings (SSSR count). The highest BCUT2D eigenvalue weighted by atomic mass is 19.1. The zero-order valence-electron chi connectivity index (χ0n) is 13.3. The van der Waals surface area contributed by atoms with Gasteiger partial charge in [-0.2, -0.15) is 0 Å². The van der Waals surface area contributed by atoms with Crippen molar-refractivity contribution in [2.24, 2.45) is 0 Å². The molecule has 0 radical (unpaired) electrons. The van der Waals surface area contributed by atoms with Gasteiger partial charge in [0, 0.05) is 23.9 Å². The van der Waals surface area contributed by atoms with Gasteiger partial charge in [0.05, 0.1) is 13.2 Å². The number of benzene rings is 2. The average molecular weight is 330 g/mol. The summed E-state index contributed by atoms with van der Waals surface area (Å²) in [5.74, 6) is 0.717. The van der Waals surface area contributed by atoms with Gasteiger partial charge in [0.1, 0.15) is 11.9 Å². The zero-order chi connectivity index (χ0) is 16.9. The highest BCUT2D eigenvalue weighted by Gasteiger charge is 2.15. The standard InChI is InChI=1S/C18H19FN2O3/c1-12(18(22)21-14-5-2-4-13(19)10-14)20-15-6-7-16-17(11-15)24-9-3-8-23-16/h2,4-7,10-12,20H,3,8-9H2,1H3,(H,21,22). The lowest BCUT2D eigenvalue weighted by Crippen LogP contribution is -2.31. The predicted octanol–water partition coefficient (Wildman–Crippen LogP) is 3.43. The van der Waals surface area contributed by atoms with Gasteiger partial charge in [0.25, 0.3) is 0 Å². The Morgan fingerprint density at radius 3 is 2.67 bits per heavy atom. The van der Waals surface area contributed by atoms with E-state index in [0.29, 0.717) is 30.4 Å². The second-order valence-corrected chi connectivity index (χ2v) is 5.58. The van der Waals surface area contributed by atoms with E-state index in [9.17, 15) is 9.18 Å². The number of nitrogens with one attached hydrogen (secondary N) is 2. The third-order valence-electron chi connectivity index (χ3n) is 3.62. The second kappa shape index (κ2) is 7.21. The molecule has 5 nitrogen and oxygen atoms in total. The Morgan fingerprint density at radius 2 is 1.88 bits per heavy atom. The molecule has 0 bridgehead atoms. The Balaban J connectivity index is 1.64. The van der Waals surface area contributed by atoms with E-state index < -0.39 is 11.9 Å². The maximum absolute atomic E-state index is 13.2. The summed E-state index contributed by atoms with van der Waals surface area (Å²) in [5, 5.41) is 5.78. The minimum Gasteiger partial charge on any atom is -0.490 e. The van der Waals surface area contributed by atoms with E-state index in [1.165, 1.54) is 12.1 Å². The topological polar surface area (TPSA) is 59.6 Å². The van der Waals surface area contributed by atoms with Crippen molar-refractivity contribution in [1.29, 1.82) is 0 Å². The molecule has 0 fully saturated rings. The number of rotatable bonds is 4. The number of hydrogen-bond donors (Lipinski definition) is 2. The number of carbonyl (C=O) groups is 1. The number of halogens is 1. The molecule has 0 spiro atoms. The molecule has 6 heteroatoms.